The molecule has 41 heavy (non-hydrogen) atoms. The van der Waals surface area contributed by atoms with Gasteiger partial charge in [-0.05, 0) is 42.2 Å². The number of hydrogen-bond donors (Lipinski definition) is 2. The summed E-state index contributed by atoms with van der Waals surface area (Å²) in [6.07, 6.45) is 5.29. The van der Waals surface area contributed by atoms with Crippen molar-refractivity contribution in [1.82, 2.24) is 19.9 Å². The van der Waals surface area contributed by atoms with E-state index < -0.39 is 0 Å². The van der Waals surface area contributed by atoms with Crippen molar-refractivity contribution in [2.45, 2.75) is 32.0 Å². The molecule has 5 aromatic rings. The monoisotopic (exact) mass is 547 g/mol. The predicted molar refractivity (Wildman–Crippen MR) is 161 cm³/mol. The minimum Gasteiger partial charge on any atom is -0.379 e. The summed E-state index contributed by atoms with van der Waals surface area (Å²) in [5.41, 5.74) is 4.54. The highest BCUT2D eigenvalue weighted by molar-refractivity contribution is 6.09. The SMILES string of the molecule is CNC(=O)c1cnc(N(Cc2ccccc2)Cc2ccccc2)c2[nH]c(-c3cccn(C4CCCOC4)c3=O)cc12. The van der Waals surface area contributed by atoms with Gasteiger partial charge in [-0.15, -0.1) is 0 Å². The van der Waals surface area contributed by atoms with Gasteiger partial charge in [-0.1, -0.05) is 60.7 Å². The van der Waals surface area contributed by atoms with Crippen LogP contribution in [0.5, 0.6) is 0 Å². The molecule has 2 aromatic carbocycles. The number of benzene rings is 2. The van der Waals surface area contributed by atoms with Gasteiger partial charge in [-0.25, -0.2) is 4.98 Å². The van der Waals surface area contributed by atoms with E-state index >= 15 is 0 Å². The summed E-state index contributed by atoms with van der Waals surface area (Å²) in [5.74, 6) is 0.477. The smallest absolute Gasteiger partial charge is 0.260 e. The Hall–Kier alpha value is -4.69. The van der Waals surface area contributed by atoms with Crippen molar-refractivity contribution in [3.05, 3.63) is 118 Å². The molecule has 2 N–H and O–H groups in total. The molecule has 0 saturated carbocycles. The lowest BCUT2D eigenvalue weighted by Gasteiger charge is -2.25. The number of pyridine rings is 2. The van der Waals surface area contributed by atoms with Gasteiger partial charge in [0.05, 0.1) is 35.0 Å². The number of nitrogens with one attached hydrogen (secondary N) is 2. The molecule has 0 aliphatic carbocycles. The molecule has 1 aliphatic rings. The lowest BCUT2D eigenvalue weighted by atomic mass is 10.1. The van der Waals surface area contributed by atoms with Crippen molar-refractivity contribution < 1.29 is 9.53 Å². The van der Waals surface area contributed by atoms with E-state index in [4.69, 9.17) is 9.72 Å². The van der Waals surface area contributed by atoms with Gasteiger partial charge in [0.2, 0.25) is 0 Å². The fourth-order valence-corrected chi connectivity index (χ4v) is 5.56. The van der Waals surface area contributed by atoms with E-state index in [0.29, 0.717) is 53.2 Å². The number of ether oxygens (including phenoxy) is 1. The van der Waals surface area contributed by atoms with Crippen LogP contribution >= 0.6 is 0 Å². The summed E-state index contributed by atoms with van der Waals surface area (Å²) in [5, 5.41) is 3.44. The number of nitrogens with zero attached hydrogens (tertiary/aromatic N) is 3. The number of aromatic nitrogens is 3. The number of H-pyrrole nitrogens is 1. The second kappa shape index (κ2) is 11.8. The fraction of sp³-hybridized carbons (Fsp3) is 0.242. The van der Waals surface area contributed by atoms with Gasteiger partial charge < -0.3 is 24.5 Å². The van der Waals surface area contributed by atoms with Crippen LogP contribution in [0.4, 0.5) is 5.82 Å². The van der Waals surface area contributed by atoms with E-state index in [1.165, 1.54) is 0 Å². The molecule has 0 bridgehead atoms. The third-order valence-corrected chi connectivity index (χ3v) is 7.65. The molecule has 0 radical (unpaired) electrons. The Labute approximate surface area is 238 Å². The van der Waals surface area contributed by atoms with Gasteiger partial charge in [0.25, 0.3) is 11.5 Å². The maximum absolute atomic E-state index is 13.7. The second-order valence-electron chi connectivity index (χ2n) is 10.4. The zero-order chi connectivity index (χ0) is 28.2. The van der Waals surface area contributed by atoms with Crippen molar-refractivity contribution in [3.8, 4) is 11.3 Å². The Kier molecular flexibility index (Phi) is 7.65. The molecule has 1 saturated heterocycles. The number of carbonyl (C=O) groups is 1. The first-order chi connectivity index (χ1) is 20.1. The number of fused-ring (bicyclic) bond motifs is 1. The Morgan fingerprint density at radius 2 is 1.76 bits per heavy atom. The number of carbonyl (C=O) groups excluding carboxylic acids is 1. The van der Waals surface area contributed by atoms with E-state index in [-0.39, 0.29) is 17.5 Å². The van der Waals surface area contributed by atoms with E-state index in [1.54, 1.807) is 17.8 Å². The Morgan fingerprint density at radius 1 is 1.05 bits per heavy atom. The van der Waals surface area contributed by atoms with Gasteiger partial charge in [0.1, 0.15) is 0 Å². The molecule has 4 heterocycles. The van der Waals surface area contributed by atoms with Crippen molar-refractivity contribution >= 4 is 22.6 Å². The molecule has 6 rings (SSSR count). The largest absolute Gasteiger partial charge is 0.379 e. The lowest BCUT2D eigenvalue weighted by molar-refractivity contribution is 0.0580. The molecule has 8 heteroatoms. The highest BCUT2D eigenvalue weighted by Gasteiger charge is 2.23. The van der Waals surface area contributed by atoms with Gasteiger partial charge in [-0.2, -0.15) is 0 Å². The van der Waals surface area contributed by atoms with Crippen LogP contribution in [0.15, 0.2) is 96.1 Å². The molecule has 1 amide bonds. The topological polar surface area (TPSA) is 92.2 Å². The molecule has 1 unspecified atom stereocenters. The number of hydrogen-bond acceptors (Lipinski definition) is 5. The van der Waals surface area contributed by atoms with E-state index in [9.17, 15) is 9.59 Å². The average Bonchev–Trinajstić information content (AvgIpc) is 3.47. The molecule has 1 fully saturated rings. The van der Waals surface area contributed by atoms with Crippen molar-refractivity contribution in [1.29, 1.82) is 0 Å². The Bertz CT molecular complexity index is 1660. The highest BCUT2D eigenvalue weighted by Crippen LogP contribution is 2.33. The third-order valence-electron chi connectivity index (χ3n) is 7.65. The molecule has 8 nitrogen and oxygen atoms in total. The first kappa shape index (κ1) is 26.5. The standard InChI is InChI=1S/C33H33N5O3/c1-34-32(39)28-19-35-31(37(20-23-10-4-2-5-11-23)21-24-12-6-3-7-13-24)30-27(28)18-29(36-30)26-15-8-16-38(33(26)40)25-14-9-17-41-22-25/h2-8,10-13,15-16,18-19,25,36H,9,14,17,20-22H2,1H3,(H,34,39). The van der Waals surface area contributed by atoms with Gasteiger partial charge >= 0.3 is 0 Å². The Balaban J connectivity index is 1.49. The Morgan fingerprint density at radius 3 is 2.39 bits per heavy atom. The zero-order valence-corrected chi connectivity index (χ0v) is 23.0. The third kappa shape index (κ3) is 5.51. The van der Waals surface area contributed by atoms with Crippen molar-refractivity contribution in [3.63, 3.8) is 0 Å². The van der Waals surface area contributed by atoms with Crippen LogP contribution in [0.3, 0.4) is 0 Å². The zero-order valence-electron chi connectivity index (χ0n) is 23.0. The number of aromatic amines is 1. The van der Waals surface area contributed by atoms with Crippen LogP contribution in [0.2, 0.25) is 0 Å². The maximum atomic E-state index is 13.7. The van der Waals surface area contributed by atoms with Gasteiger partial charge in [0.15, 0.2) is 5.82 Å². The van der Waals surface area contributed by atoms with Crippen LogP contribution < -0.4 is 15.8 Å². The van der Waals surface area contributed by atoms with Gasteiger partial charge in [0, 0.05) is 44.5 Å². The molecule has 3 aromatic heterocycles. The van der Waals surface area contributed by atoms with Crippen LogP contribution in [0.1, 0.15) is 40.4 Å². The summed E-state index contributed by atoms with van der Waals surface area (Å²) in [6, 6.07) is 26.1. The van der Waals surface area contributed by atoms with Crippen molar-refractivity contribution in [2.24, 2.45) is 0 Å². The number of anilines is 1. The molecular formula is C33H33N5O3. The van der Waals surface area contributed by atoms with Crippen LogP contribution in [0, 0.1) is 0 Å². The molecule has 208 valence electrons. The molecule has 1 atom stereocenters. The quantitative estimate of drug-likeness (QED) is 0.275. The molecule has 1 aliphatic heterocycles. The summed E-state index contributed by atoms with van der Waals surface area (Å²) < 4.78 is 7.43. The van der Waals surface area contributed by atoms with Crippen LogP contribution in [0.25, 0.3) is 22.2 Å². The van der Waals surface area contributed by atoms with Crippen LogP contribution in [-0.4, -0.2) is 40.7 Å². The van der Waals surface area contributed by atoms with Crippen molar-refractivity contribution in [2.75, 3.05) is 25.2 Å². The minimum absolute atomic E-state index is 0.00599. The highest BCUT2D eigenvalue weighted by atomic mass is 16.5. The number of amides is 1. The minimum atomic E-state index is -0.234. The summed E-state index contributed by atoms with van der Waals surface area (Å²) in [6.45, 7) is 2.49. The summed E-state index contributed by atoms with van der Waals surface area (Å²) in [7, 11) is 1.61. The fourth-order valence-electron chi connectivity index (χ4n) is 5.56. The van der Waals surface area contributed by atoms with E-state index in [2.05, 4.69) is 39.5 Å². The molecule has 0 spiro atoms. The average molecular weight is 548 g/mol. The first-order valence-corrected chi connectivity index (χ1v) is 14.0. The molecular weight excluding hydrogens is 514 g/mol. The predicted octanol–water partition coefficient (Wildman–Crippen LogP) is 5.31. The normalized spacial score (nSPS) is 15.1. The van der Waals surface area contributed by atoms with Crippen LogP contribution in [-0.2, 0) is 17.8 Å². The maximum Gasteiger partial charge on any atom is 0.260 e. The second-order valence-corrected chi connectivity index (χ2v) is 10.4. The van der Waals surface area contributed by atoms with Gasteiger partial charge in [-0.3, -0.25) is 9.59 Å². The van der Waals surface area contributed by atoms with E-state index in [0.717, 1.165) is 30.6 Å². The first-order valence-electron chi connectivity index (χ1n) is 14.0. The summed E-state index contributed by atoms with van der Waals surface area (Å²) in [4.78, 5) is 37.1. The lowest BCUT2D eigenvalue weighted by Crippen LogP contribution is -2.30. The summed E-state index contributed by atoms with van der Waals surface area (Å²) >= 11 is 0. The van der Waals surface area contributed by atoms with E-state index in [1.807, 2.05) is 60.8 Å². The number of rotatable bonds is 8.